The lowest BCUT2D eigenvalue weighted by Crippen LogP contribution is -2.46. The van der Waals surface area contributed by atoms with E-state index >= 15 is 0 Å². The third-order valence-electron chi connectivity index (χ3n) is 4.39. The summed E-state index contributed by atoms with van der Waals surface area (Å²) in [5.41, 5.74) is 0.994. The fourth-order valence-corrected chi connectivity index (χ4v) is 3.36. The molecule has 0 radical (unpaired) electrons. The molecule has 132 valence electrons. The normalized spacial score (nSPS) is 32.7. The number of rotatable bonds is 6. The van der Waals surface area contributed by atoms with Crippen LogP contribution >= 0.6 is 0 Å². The maximum absolute atomic E-state index is 10.6. The highest BCUT2D eigenvalue weighted by Gasteiger charge is 2.57. The van der Waals surface area contributed by atoms with Crippen LogP contribution in [-0.4, -0.2) is 53.8 Å². The second-order valence-electron chi connectivity index (χ2n) is 6.58. The Labute approximate surface area is 142 Å². The molecule has 2 fully saturated rings. The van der Waals surface area contributed by atoms with E-state index in [1.807, 2.05) is 44.2 Å². The van der Waals surface area contributed by atoms with Crippen LogP contribution in [0.3, 0.4) is 0 Å². The van der Waals surface area contributed by atoms with E-state index < -0.39 is 24.2 Å². The van der Waals surface area contributed by atoms with Gasteiger partial charge in [0.05, 0.1) is 6.04 Å². The molecule has 2 aliphatic rings. The van der Waals surface area contributed by atoms with Crippen LogP contribution in [0.4, 0.5) is 0 Å². The number of benzene rings is 1. The van der Waals surface area contributed by atoms with E-state index in [0.29, 0.717) is 6.54 Å². The molecule has 0 unspecified atom stereocenters. The molecule has 0 aromatic heterocycles. The molecule has 6 heteroatoms. The highest BCUT2D eigenvalue weighted by Crippen LogP contribution is 2.40. The molecular weight excluding hydrogens is 310 g/mol. The van der Waals surface area contributed by atoms with E-state index in [9.17, 15) is 5.21 Å². The number of hydrogen-bond acceptors (Lipinski definition) is 6. The molecular formula is C18H25NO5. The van der Waals surface area contributed by atoms with Gasteiger partial charge in [-0.3, -0.25) is 0 Å². The van der Waals surface area contributed by atoms with Gasteiger partial charge in [-0.15, -0.1) is 6.58 Å². The Bertz CT molecular complexity index is 564. The summed E-state index contributed by atoms with van der Waals surface area (Å²) >= 11 is 0. The fourth-order valence-electron chi connectivity index (χ4n) is 3.36. The molecule has 2 aliphatic heterocycles. The largest absolute Gasteiger partial charge is 0.353 e. The van der Waals surface area contributed by atoms with Crippen LogP contribution in [0.5, 0.6) is 0 Å². The molecule has 0 spiro atoms. The van der Waals surface area contributed by atoms with Gasteiger partial charge in [-0.05, 0) is 19.4 Å². The number of methoxy groups -OCH3 is 1. The van der Waals surface area contributed by atoms with E-state index in [2.05, 4.69) is 6.58 Å². The van der Waals surface area contributed by atoms with E-state index in [1.54, 1.807) is 13.2 Å². The summed E-state index contributed by atoms with van der Waals surface area (Å²) in [6, 6.07) is 9.28. The summed E-state index contributed by atoms with van der Waals surface area (Å²) in [7, 11) is 1.57. The van der Waals surface area contributed by atoms with Gasteiger partial charge in [0.15, 0.2) is 12.1 Å². The van der Waals surface area contributed by atoms with Gasteiger partial charge in [0.2, 0.25) is 0 Å². The first-order valence-corrected chi connectivity index (χ1v) is 8.11. The third-order valence-corrected chi connectivity index (χ3v) is 4.39. The maximum Gasteiger partial charge on any atom is 0.186 e. The highest BCUT2D eigenvalue weighted by molar-refractivity contribution is 5.15. The molecule has 6 nitrogen and oxygen atoms in total. The Morgan fingerprint density at radius 3 is 2.58 bits per heavy atom. The second-order valence-corrected chi connectivity index (χ2v) is 6.58. The van der Waals surface area contributed by atoms with E-state index in [-0.39, 0.29) is 12.2 Å². The summed E-state index contributed by atoms with van der Waals surface area (Å²) in [5, 5.41) is 11.8. The summed E-state index contributed by atoms with van der Waals surface area (Å²) in [6.45, 7) is 7.93. The molecule has 0 aliphatic carbocycles. The molecule has 3 rings (SSSR count). The predicted octanol–water partition coefficient (Wildman–Crippen LogP) is 2.32. The zero-order valence-corrected chi connectivity index (χ0v) is 14.3. The quantitative estimate of drug-likeness (QED) is 0.636. The van der Waals surface area contributed by atoms with Crippen molar-refractivity contribution in [2.24, 2.45) is 0 Å². The number of fused-ring (bicyclic) bond motifs is 1. The second kappa shape index (κ2) is 6.92. The van der Waals surface area contributed by atoms with Crippen LogP contribution in [0.1, 0.15) is 19.4 Å². The molecule has 2 saturated heterocycles. The van der Waals surface area contributed by atoms with Crippen molar-refractivity contribution in [1.29, 1.82) is 0 Å². The number of nitrogens with zero attached hydrogens (tertiary/aromatic N) is 1. The van der Waals surface area contributed by atoms with Crippen LogP contribution in [0.15, 0.2) is 43.0 Å². The lowest BCUT2D eigenvalue weighted by Gasteiger charge is -2.31. The lowest BCUT2D eigenvalue weighted by molar-refractivity contribution is -0.244. The Kier molecular flexibility index (Phi) is 5.05. The van der Waals surface area contributed by atoms with Gasteiger partial charge in [-0.2, -0.15) is 5.06 Å². The maximum atomic E-state index is 10.6. The molecule has 0 bridgehead atoms. The van der Waals surface area contributed by atoms with Crippen molar-refractivity contribution in [3.05, 3.63) is 48.6 Å². The van der Waals surface area contributed by atoms with Crippen molar-refractivity contribution in [3.63, 3.8) is 0 Å². The van der Waals surface area contributed by atoms with Gasteiger partial charge in [0.25, 0.3) is 0 Å². The van der Waals surface area contributed by atoms with Gasteiger partial charge < -0.3 is 24.2 Å². The molecule has 2 heterocycles. The molecule has 5 atom stereocenters. The lowest BCUT2D eigenvalue weighted by atomic mass is 10.0. The van der Waals surface area contributed by atoms with Gasteiger partial charge >= 0.3 is 0 Å². The van der Waals surface area contributed by atoms with Gasteiger partial charge in [-0.1, -0.05) is 36.4 Å². The van der Waals surface area contributed by atoms with Crippen LogP contribution in [-0.2, 0) is 25.5 Å². The highest BCUT2D eigenvalue weighted by atomic mass is 16.8. The topological polar surface area (TPSA) is 60.4 Å². The Hall–Kier alpha value is -1.28. The zero-order valence-electron chi connectivity index (χ0n) is 14.3. The summed E-state index contributed by atoms with van der Waals surface area (Å²) in [5.74, 6) is -0.709. The molecule has 0 saturated carbocycles. The van der Waals surface area contributed by atoms with Crippen molar-refractivity contribution >= 4 is 0 Å². The minimum Gasteiger partial charge on any atom is -0.353 e. The summed E-state index contributed by atoms with van der Waals surface area (Å²) in [6.07, 6.45) is 0.0282. The molecule has 24 heavy (non-hydrogen) atoms. The average molecular weight is 335 g/mol. The smallest absolute Gasteiger partial charge is 0.186 e. The minimum absolute atomic E-state index is 0.331. The zero-order chi connectivity index (χ0) is 17.3. The van der Waals surface area contributed by atoms with Crippen molar-refractivity contribution in [2.75, 3.05) is 7.11 Å². The SMILES string of the molecule is C=C[C@@H]([C@@H]1O[C@H](OC)[C@H]2OC(C)(C)O[C@H]21)N(O)Cc1ccccc1. The number of hydroxylamine groups is 2. The predicted molar refractivity (Wildman–Crippen MR) is 87.3 cm³/mol. The van der Waals surface area contributed by atoms with Gasteiger partial charge in [0, 0.05) is 13.7 Å². The fraction of sp³-hybridized carbons (Fsp3) is 0.556. The van der Waals surface area contributed by atoms with Crippen molar-refractivity contribution in [1.82, 2.24) is 5.06 Å². The first kappa shape index (κ1) is 17.5. The summed E-state index contributed by atoms with van der Waals surface area (Å²) < 4.78 is 23.2. The Morgan fingerprint density at radius 2 is 1.96 bits per heavy atom. The monoisotopic (exact) mass is 335 g/mol. The van der Waals surface area contributed by atoms with Crippen LogP contribution in [0.25, 0.3) is 0 Å². The first-order valence-electron chi connectivity index (χ1n) is 8.11. The number of hydrogen-bond donors (Lipinski definition) is 1. The molecule has 1 aromatic rings. The van der Waals surface area contributed by atoms with Crippen LogP contribution in [0, 0.1) is 0 Å². The molecule has 1 aromatic carbocycles. The molecule has 1 N–H and O–H groups in total. The standard InChI is InChI=1S/C18H25NO5/c1-5-13(19(20)11-12-9-7-6-8-10-12)14-15-16(17(21-4)22-14)24-18(2,3)23-15/h5-10,13-17,20H,1,11H2,2-4H3/t13-,14-,15-,16-,17-/m0/s1. The van der Waals surface area contributed by atoms with E-state index in [1.165, 1.54) is 5.06 Å². The van der Waals surface area contributed by atoms with E-state index in [4.69, 9.17) is 18.9 Å². The third kappa shape index (κ3) is 3.39. The van der Waals surface area contributed by atoms with Crippen LogP contribution < -0.4 is 0 Å². The molecule has 0 amide bonds. The van der Waals surface area contributed by atoms with Crippen molar-refractivity contribution < 1.29 is 24.2 Å². The van der Waals surface area contributed by atoms with Crippen molar-refractivity contribution in [3.8, 4) is 0 Å². The Morgan fingerprint density at radius 1 is 1.29 bits per heavy atom. The van der Waals surface area contributed by atoms with Gasteiger partial charge in [-0.25, -0.2) is 0 Å². The van der Waals surface area contributed by atoms with Gasteiger partial charge in [0.1, 0.15) is 18.3 Å². The van der Waals surface area contributed by atoms with Crippen LogP contribution in [0.2, 0.25) is 0 Å². The Balaban J connectivity index is 1.76. The number of ether oxygens (including phenoxy) is 4. The average Bonchev–Trinajstić information content (AvgIpc) is 3.03. The first-order chi connectivity index (χ1) is 11.4. The minimum atomic E-state index is -0.709. The summed E-state index contributed by atoms with van der Waals surface area (Å²) in [4.78, 5) is 0. The van der Waals surface area contributed by atoms with Crippen molar-refractivity contribution in [2.45, 2.75) is 56.8 Å². The van der Waals surface area contributed by atoms with E-state index in [0.717, 1.165) is 5.56 Å².